The van der Waals surface area contributed by atoms with Crippen molar-refractivity contribution in [3.63, 3.8) is 0 Å². The Hall–Kier alpha value is -2.77. The normalized spacial score (nSPS) is 12.1. The van der Waals surface area contributed by atoms with Crippen molar-refractivity contribution < 1.29 is 14.8 Å². The molecule has 0 aliphatic heterocycles. The van der Waals surface area contributed by atoms with Gasteiger partial charge in [-0.25, -0.2) is 14.5 Å². The van der Waals surface area contributed by atoms with Crippen LogP contribution in [-0.4, -0.2) is 30.8 Å². The van der Waals surface area contributed by atoms with Crippen LogP contribution in [0.2, 0.25) is 0 Å². The molecule has 0 saturated heterocycles. The predicted octanol–water partition coefficient (Wildman–Crippen LogP) is 1.89. The first-order chi connectivity index (χ1) is 9.52. The molecule has 0 saturated carbocycles. The van der Waals surface area contributed by atoms with Gasteiger partial charge in [-0.2, -0.15) is 5.10 Å². The van der Waals surface area contributed by atoms with Gasteiger partial charge in [-0.3, -0.25) is 10.1 Å². The summed E-state index contributed by atoms with van der Waals surface area (Å²) in [5.74, 6) is -0.739. The lowest BCUT2D eigenvalue weighted by molar-refractivity contribution is -0.384. The minimum Gasteiger partial charge on any atom is -0.480 e. The standard InChI is InChI=1S/C12H12N4O4/c1-2-10(12(17)18)15-7-13-11(14-15)8-4-3-5-9(6-8)16(19)20/h3-7,10H,2H2,1H3,(H,17,18). The Morgan fingerprint density at radius 2 is 2.30 bits per heavy atom. The summed E-state index contributed by atoms with van der Waals surface area (Å²) < 4.78 is 1.25. The molecule has 2 rings (SSSR count). The number of hydrogen-bond donors (Lipinski definition) is 1. The van der Waals surface area contributed by atoms with Crippen LogP contribution in [0, 0.1) is 10.1 Å². The molecule has 0 fully saturated rings. The highest BCUT2D eigenvalue weighted by Crippen LogP contribution is 2.21. The smallest absolute Gasteiger partial charge is 0.328 e. The molecule has 20 heavy (non-hydrogen) atoms. The number of rotatable bonds is 5. The van der Waals surface area contributed by atoms with Gasteiger partial charge in [0, 0.05) is 17.7 Å². The van der Waals surface area contributed by atoms with Crippen molar-refractivity contribution in [2.24, 2.45) is 0 Å². The van der Waals surface area contributed by atoms with E-state index >= 15 is 0 Å². The molecule has 0 aliphatic rings. The van der Waals surface area contributed by atoms with Crippen LogP contribution in [0.1, 0.15) is 19.4 Å². The van der Waals surface area contributed by atoms with Crippen molar-refractivity contribution >= 4 is 11.7 Å². The number of carboxylic acid groups (broad SMARTS) is 1. The Labute approximate surface area is 113 Å². The molecule has 0 amide bonds. The SMILES string of the molecule is CCC(C(=O)O)n1cnc(-c2cccc([N+](=O)[O-])c2)n1. The quantitative estimate of drug-likeness (QED) is 0.659. The molecule has 1 atom stereocenters. The third kappa shape index (κ3) is 2.63. The van der Waals surface area contributed by atoms with Gasteiger partial charge in [0.25, 0.3) is 5.69 Å². The average Bonchev–Trinajstić information content (AvgIpc) is 2.89. The van der Waals surface area contributed by atoms with Gasteiger partial charge < -0.3 is 5.11 Å². The van der Waals surface area contributed by atoms with Gasteiger partial charge in [-0.15, -0.1) is 0 Å². The first kappa shape index (κ1) is 13.7. The number of non-ortho nitro benzene ring substituents is 1. The van der Waals surface area contributed by atoms with Crippen LogP contribution in [0.4, 0.5) is 5.69 Å². The number of nitro benzene ring substituents is 1. The van der Waals surface area contributed by atoms with Gasteiger partial charge in [0.05, 0.1) is 4.92 Å². The lowest BCUT2D eigenvalue weighted by Crippen LogP contribution is -2.18. The van der Waals surface area contributed by atoms with Crippen LogP contribution >= 0.6 is 0 Å². The molecule has 1 heterocycles. The molecular formula is C12H12N4O4. The van der Waals surface area contributed by atoms with Crippen LogP contribution in [0.25, 0.3) is 11.4 Å². The van der Waals surface area contributed by atoms with Crippen molar-refractivity contribution in [3.8, 4) is 11.4 Å². The Balaban J connectivity index is 2.35. The van der Waals surface area contributed by atoms with Gasteiger partial charge >= 0.3 is 5.97 Å². The van der Waals surface area contributed by atoms with E-state index in [4.69, 9.17) is 5.11 Å². The minimum atomic E-state index is -0.997. The van der Waals surface area contributed by atoms with Gasteiger partial charge in [0.1, 0.15) is 6.33 Å². The lowest BCUT2D eigenvalue weighted by atomic mass is 10.2. The van der Waals surface area contributed by atoms with Crippen LogP contribution in [0.15, 0.2) is 30.6 Å². The van der Waals surface area contributed by atoms with E-state index in [-0.39, 0.29) is 11.5 Å². The molecule has 8 heteroatoms. The number of carbonyl (C=O) groups is 1. The zero-order chi connectivity index (χ0) is 14.7. The van der Waals surface area contributed by atoms with Gasteiger partial charge in [-0.1, -0.05) is 19.1 Å². The molecule has 0 aliphatic carbocycles. The fourth-order valence-corrected chi connectivity index (χ4v) is 1.79. The van der Waals surface area contributed by atoms with Crippen LogP contribution in [0.3, 0.4) is 0 Å². The second kappa shape index (κ2) is 5.47. The molecule has 0 spiro atoms. The van der Waals surface area contributed by atoms with E-state index in [2.05, 4.69) is 10.1 Å². The molecule has 0 radical (unpaired) electrons. The number of benzene rings is 1. The Morgan fingerprint density at radius 3 is 2.90 bits per heavy atom. The maximum atomic E-state index is 11.0. The van der Waals surface area contributed by atoms with Gasteiger partial charge in [0.15, 0.2) is 11.9 Å². The zero-order valence-electron chi connectivity index (χ0n) is 10.6. The molecule has 1 unspecified atom stereocenters. The summed E-state index contributed by atoms with van der Waals surface area (Å²) in [5.41, 5.74) is 0.405. The van der Waals surface area contributed by atoms with E-state index in [0.29, 0.717) is 12.0 Å². The first-order valence-corrected chi connectivity index (χ1v) is 5.91. The van der Waals surface area contributed by atoms with Crippen LogP contribution < -0.4 is 0 Å². The molecule has 8 nitrogen and oxygen atoms in total. The van der Waals surface area contributed by atoms with Crippen molar-refractivity contribution in [1.29, 1.82) is 0 Å². The monoisotopic (exact) mass is 276 g/mol. The summed E-state index contributed by atoms with van der Waals surface area (Å²) in [4.78, 5) is 25.3. The topological polar surface area (TPSA) is 111 Å². The van der Waals surface area contributed by atoms with Crippen LogP contribution in [0.5, 0.6) is 0 Å². The van der Waals surface area contributed by atoms with E-state index in [1.54, 1.807) is 13.0 Å². The number of aliphatic carboxylic acids is 1. The summed E-state index contributed by atoms with van der Waals surface area (Å²) in [6.45, 7) is 1.73. The molecular weight excluding hydrogens is 264 g/mol. The molecule has 1 N–H and O–H groups in total. The number of nitro groups is 1. The maximum absolute atomic E-state index is 11.0. The van der Waals surface area contributed by atoms with Crippen molar-refractivity contribution in [1.82, 2.24) is 14.8 Å². The fraction of sp³-hybridized carbons (Fsp3) is 0.250. The molecule has 2 aromatic rings. The van der Waals surface area contributed by atoms with E-state index < -0.39 is 16.9 Å². The van der Waals surface area contributed by atoms with Gasteiger partial charge in [-0.05, 0) is 6.42 Å². The Kier molecular flexibility index (Phi) is 3.74. The van der Waals surface area contributed by atoms with E-state index in [1.807, 2.05) is 0 Å². The van der Waals surface area contributed by atoms with Crippen molar-refractivity contribution in [3.05, 3.63) is 40.7 Å². The largest absolute Gasteiger partial charge is 0.480 e. The third-order valence-electron chi connectivity index (χ3n) is 2.81. The third-order valence-corrected chi connectivity index (χ3v) is 2.81. The summed E-state index contributed by atoms with van der Waals surface area (Å²) in [5, 5.41) is 23.8. The first-order valence-electron chi connectivity index (χ1n) is 5.91. The molecule has 1 aromatic carbocycles. The fourth-order valence-electron chi connectivity index (χ4n) is 1.79. The second-order valence-electron chi connectivity index (χ2n) is 4.12. The molecule has 0 bridgehead atoms. The highest BCUT2D eigenvalue weighted by atomic mass is 16.6. The number of hydrogen-bond acceptors (Lipinski definition) is 5. The van der Waals surface area contributed by atoms with Crippen molar-refractivity contribution in [2.75, 3.05) is 0 Å². The predicted molar refractivity (Wildman–Crippen MR) is 69.1 cm³/mol. The minimum absolute atomic E-state index is 0.0656. The summed E-state index contributed by atoms with van der Waals surface area (Å²) in [6, 6.07) is 5.08. The molecule has 1 aromatic heterocycles. The second-order valence-corrected chi connectivity index (χ2v) is 4.12. The lowest BCUT2D eigenvalue weighted by Gasteiger charge is -2.08. The van der Waals surface area contributed by atoms with E-state index in [1.165, 1.54) is 29.2 Å². The summed E-state index contributed by atoms with van der Waals surface area (Å²) >= 11 is 0. The van der Waals surface area contributed by atoms with E-state index in [9.17, 15) is 14.9 Å². The molecule has 104 valence electrons. The number of carboxylic acids is 1. The Morgan fingerprint density at radius 1 is 1.55 bits per heavy atom. The number of aromatic nitrogens is 3. The van der Waals surface area contributed by atoms with Crippen LogP contribution in [-0.2, 0) is 4.79 Å². The Bertz CT molecular complexity index is 652. The zero-order valence-corrected chi connectivity index (χ0v) is 10.6. The summed E-state index contributed by atoms with van der Waals surface area (Å²) in [7, 11) is 0. The van der Waals surface area contributed by atoms with Crippen molar-refractivity contribution in [2.45, 2.75) is 19.4 Å². The van der Waals surface area contributed by atoms with E-state index in [0.717, 1.165) is 0 Å². The maximum Gasteiger partial charge on any atom is 0.328 e. The summed E-state index contributed by atoms with van der Waals surface area (Å²) in [6.07, 6.45) is 1.68. The number of nitrogens with zero attached hydrogens (tertiary/aromatic N) is 4. The highest BCUT2D eigenvalue weighted by molar-refractivity contribution is 5.71. The van der Waals surface area contributed by atoms with Gasteiger partial charge in [0.2, 0.25) is 0 Å². The average molecular weight is 276 g/mol. The highest BCUT2D eigenvalue weighted by Gasteiger charge is 2.19.